The minimum atomic E-state index is -1.73. The van der Waals surface area contributed by atoms with Crippen molar-refractivity contribution in [1.82, 2.24) is 0 Å². The van der Waals surface area contributed by atoms with E-state index in [0.29, 0.717) is 0 Å². The molecule has 9 nitrogen and oxygen atoms in total. The van der Waals surface area contributed by atoms with Gasteiger partial charge in [-0.1, -0.05) is 6.54 Å². The van der Waals surface area contributed by atoms with E-state index in [2.05, 4.69) is 28.6 Å². The van der Waals surface area contributed by atoms with Crippen LogP contribution in [-0.4, -0.2) is 54.2 Å². The normalized spacial score (nSPS) is 8.42. The van der Waals surface area contributed by atoms with Crippen LogP contribution < -0.4 is 0 Å². The molecule has 0 heterocycles. The fraction of sp³-hybridized carbons (Fsp3) is 0.500. The molecule has 0 atom stereocenters. The second kappa shape index (κ2) is 13.1. The average molecular weight is 375 g/mol. The fourth-order valence-corrected chi connectivity index (χ4v) is 0.756. The zero-order chi connectivity index (χ0) is 15.3. The average Bonchev–Trinajstić information content (AvgIpc) is 2.42. The molecule has 0 bridgehead atoms. The molecule has 0 aromatic heterocycles. The van der Waals surface area contributed by atoms with Crippen LogP contribution >= 0.6 is 12.6 Å². The van der Waals surface area contributed by atoms with E-state index in [0.717, 1.165) is 18.9 Å². The molecule has 11 heteroatoms. The molecule has 0 aliphatic heterocycles. The van der Waals surface area contributed by atoms with Crippen LogP contribution in [0.3, 0.4) is 0 Å². The van der Waals surface area contributed by atoms with Crippen LogP contribution in [-0.2, 0) is 41.5 Å². The second-order valence-electron chi connectivity index (χ2n) is 2.64. The van der Waals surface area contributed by atoms with Gasteiger partial charge in [-0.05, 0) is 0 Å². The summed E-state index contributed by atoms with van der Waals surface area (Å²) in [6, 6.07) is 0. The number of carboxylic acids is 1. The Morgan fingerprint density at radius 1 is 0.947 bits per heavy atom. The Morgan fingerprint density at radius 2 is 1.42 bits per heavy atom. The first-order chi connectivity index (χ1) is 8.97. The van der Waals surface area contributed by atoms with Gasteiger partial charge >= 0.3 is 28.3 Å². The summed E-state index contributed by atoms with van der Waals surface area (Å²) >= 11 is 4.58. The van der Waals surface area contributed by atoms with Gasteiger partial charge in [0.25, 0.3) is 0 Å². The van der Waals surface area contributed by atoms with Crippen molar-refractivity contribution in [3.8, 4) is 0 Å². The van der Waals surface area contributed by atoms with Gasteiger partial charge in [0.05, 0.1) is 5.91 Å². The van der Waals surface area contributed by atoms with Crippen molar-refractivity contribution in [1.29, 1.82) is 0 Å². The van der Waals surface area contributed by atoms with Gasteiger partial charge in [0.2, 0.25) is 0 Å². The first kappa shape index (κ1) is 20.0. The van der Waals surface area contributed by atoms with Gasteiger partial charge in [-0.2, -0.15) is 12.6 Å². The molecule has 1 N–H and O–H groups in total. The zero-order valence-corrected chi connectivity index (χ0v) is 12.2. The van der Waals surface area contributed by atoms with Crippen molar-refractivity contribution in [2.24, 2.45) is 0 Å². The van der Waals surface area contributed by atoms with Crippen LogP contribution in [0, 0.1) is 0 Å². The van der Waals surface area contributed by atoms with Crippen molar-refractivity contribution < 1.29 is 46.6 Å². The first-order valence-electron chi connectivity index (χ1n) is 4.59. The molecule has 0 saturated carbocycles. The summed E-state index contributed by atoms with van der Waals surface area (Å²) in [5.74, 6) is -4.30. The van der Waals surface area contributed by atoms with E-state index in [1.807, 2.05) is 0 Å². The van der Waals surface area contributed by atoms with Gasteiger partial charge in [-0.25, -0.2) is 4.79 Å². The van der Waals surface area contributed by atoms with Crippen LogP contribution in [0.5, 0.6) is 0 Å². The molecule has 0 aliphatic rings. The molecular formula is C8H10N3O6STc. The van der Waals surface area contributed by atoms with E-state index in [4.69, 9.17) is 8.61 Å². The number of carbonyl (C=O) groups is 4. The summed E-state index contributed by atoms with van der Waals surface area (Å²) < 4.78 is 8.22. The molecule has 106 valence electrons. The number of thiol groups is 1. The summed E-state index contributed by atoms with van der Waals surface area (Å²) in [6.45, 7) is -0.598. The molecule has 0 aromatic rings. The maximum atomic E-state index is 10.9. The van der Waals surface area contributed by atoms with E-state index in [1.54, 1.807) is 0 Å². The summed E-state index contributed by atoms with van der Waals surface area (Å²) in [6.07, 6.45) is 0. The van der Waals surface area contributed by atoms with E-state index in [-0.39, 0.29) is 18.8 Å². The number of rotatable bonds is 6. The Bertz CT molecular complexity index is 340. The molecule has 0 aliphatic carbocycles. The third-order valence-electron chi connectivity index (χ3n) is 1.35. The quantitative estimate of drug-likeness (QED) is 0.366. The first-order valence-corrected chi connectivity index (χ1v) is 5.98. The Morgan fingerprint density at radius 3 is 1.84 bits per heavy atom. The maximum absolute atomic E-state index is 10.9. The van der Waals surface area contributed by atoms with Crippen molar-refractivity contribution in [2.75, 3.05) is 25.4 Å². The van der Waals surface area contributed by atoms with Crippen LogP contribution in [0.15, 0.2) is 0 Å². The van der Waals surface area contributed by atoms with E-state index < -0.39 is 30.2 Å². The molecule has 0 saturated heterocycles. The van der Waals surface area contributed by atoms with Crippen LogP contribution in [0.4, 0.5) is 0 Å². The number of carboxylic acid groups (broad SMARTS) is 1. The van der Waals surface area contributed by atoms with Crippen LogP contribution in [0.2, 0.25) is 0 Å². The van der Waals surface area contributed by atoms with E-state index in [9.17, 15) is 19.2 Å². The number of aliphatic carboxylic acids is 1. The SMILES string of the molecule is O=C(CS)[N-]CC[N-]C(=O)C[N-]C(=O)C(=O)O.[O]=[99Tc+3]. The van der Waals surface area contributed by atoms with Gasteiger partial charge < -0.3 is 35.4 Å². The minimum absolute atomic E-state index is 0.0175. The summed E-state index contributed by atoms with van der Waals surface area (Å²) in [4.78, 5) is 42.1. The second-order valence-corrected chi connectivity index (χ2v) is 2.95. The monoisotopic (exact) mass is 375 g/mol. The Labute approximate surface area is 124 Å². The summed E-state index contributed by atoms with van der Waals surface area (Å²) in [5, 5.41) is 18.0. The molecule has 19 heavy (non-hydrogen) atoms. The summed E-state index contributed by atoms with van der Waals surface area (Å²) in [5.41, 5.74) is 0. The zero-order valence-electron chi connectivity index (χ0n) is 9.48. The van der Waals surface area contributed by atoms with Crippen LogP contribution in [0.25, 0.3) is 16.0 Å². The number of nitrogens with zero attached hydrogens (tertiary/aromatic N) is 3. The molecule has 0 aromatic carbocycles. The van der Waals surface area contributed by atoms with Crippen molar-refractivity contribution in [3.05, 3.63) is 16.0 Å². The molecule has 3 amide bonds. The van der Waals surface area contributed by atoms with Gasteiger partial charge in [-0.15, -0.1) is 13.1 Å². The van der Waals surface area contributed by atoms with Gasteiger partial charge in [0.1, 0.15) is 0 Å². The van der Waals surface area contributed by atoms with E-state index >= 15 is 0 Å². The molecular weight excluding hydrogens is 365 g/mol. The van der Waals surface area contributed by atoms with Gasteiger partial charge in [0.15, 0.2) is 5.91 Å². The Kier molecular flexibility index (Phi) is 13.8. The van der Waals surface area contributed by atoms with Gasteiger partial charge in [0, 0.05) is 11.7 Å². The molecule has 0 unspecified atom stereocenters. The van der Waals surface area contributed by atoms with Crippen molar-refractivity contribution in [2.45, 2.75) is 0 Å². The molecule has 0 rings (SSSR count). The van der Waals surface area contributed by atoms with Crippen molar-refractivity contribution in [3.63, 3.8) is 0 Å². The predicted molar refractivity (Wildman–Crippen MR) is 61.9 cm³/mol. The number of carbonyl (C=O) groups excluding carboxylic acids is 3. The third kappa shape index (κ3) is 12.9. The van der Waals surface area contributed by atoms with Crippen molar-refractivity contribution >= 4 is 36.3 Å². The summed E-state index contributed by atoms with van der Waals surface area (Å²) in [7, 11) is 0. The van der Waals surface area contributed by atoms with Crippen LogP contribution in [0.1, 0.15) is 0 Å². The Balaban J connectivity index is 0. The standard InChI is InChI=1S/C8H13N3O5S.O.Tc/c12-5(3-11-7(14)8(15)16)9-1-2-10-6(13)4-17;;/h1-4H2,(H5,9,10,11,12,13,14,15,16,17);;/q;;+3/p-3/i;;1+1. The fourth-order valence-electron chi connectivity index (χ4n) is 0.656. The molecule has 0 fully saturated rings. The Hall–Kier alpha value is -1.32. The number of hydrogen-bond acceptors (Lipinski definition) is 6. The number of hydrogen-bond donors (Lipinski definition) is 2. The van der Waals surface area contributed by atoms with Gasteiger partial charge in [-0.3, -0.25) is 0 Å². The van der Waals surface area contributed by atoms with E-state index in [1.165, 1.54) is 0 Å². The third-order valence-corrected chi connectivity index (χ3v) is 1.62. The predicted octanol–water partition coefficient (Wildman–Crippen LogP) is -0.420. The molecule has 0 radical (unpaired) electrons. The number of amides is 3. The molecule has 0 spiro atoms. The topological polar surface area (TPSA) is 148 Å².